The predicted octanol–water partition coefficient (Wildman–Crippen LogP) is 6.14. The minimum Gasteiger partial charge on any atom is -0.486 e. The van der Waals surface area contributed by atoms with Gasteiger partial charge in [0.05, 0.1) is 67.9 Å². The first-order valence-electron chi connectivity index (χ1n) is 51.9. The normalized spacial score (nSPS) is 26.8. The molecule has 17 aliphatic rings. The number of amides is 3. The van der Waals surface area contributed by atoms with Crippen molar-refractivity contribution in [3.05, 3.63) is 71.3 Å². The summed E-state index contributed by atoms with van der Waals surface area (Å²) in [7, 11) is 2.90. The molecule has 4 unspecified atom stereocenters. The predicted molar refractivity (Wildman–Crippen MR) is 517 cm³/mol. The highest BCUT2D eigenvalue weighted by Crippen LogP contribution is 2.40. The summed E-state index contributed by atoms with van der Waals surface area (Å²) >= 11 is 0. The Morgan fingerprint density at radius 1 is 0.333 bits per heavy atom. The molecule has 17 heterocycles. The van der Waals surface area contributed by atoms with E-state index in [9.17, 15) is 44.1 Å². The lowest BCUT2D eigenvalue weighted by Crippen LogP contribution is -2.49. The van der Waals surface area contributed by atoms with E-state index < -0.39 is 24.3 Å². The molecule has 772 valence electrons. The molecule has 17 aliphatic heterocycles. The number of benzene rings is 3. The van der Waals surface area contributed by atoms with Crippen molar-refractivity contribution in [1.29, 1.82) is 0 Å². The van der Waals surface area contributed by atoms with Crippen LogP contribution in [0.4, 0.5) is 0 Å². The van der Waals surface area contributed by atoms with Crippen LogP contribution in [0.2, 0.25) is 0 Å². The molecule has 3 aromatic rings. The number of nitrogens with zero attached hydrogens (tertiary/aromatic N) is 8. The molecular formula is C102H159ClN12O23. The molecule has 138 heavy (non-hydrogen) atoms. The van der Waals surface area contributed by atoms with E-state index in [1.165, 1.54) is 52.7 Å². The summed E-state index contributed by atoms with van der Waals surface area (Å²) in [6.07, 6.45) is 20.5. The van der Waals surface area contributed by atoms with Gasteiger partial charge in [0, 0.05) is 155 Å². The second-order valence-electron chi connectivity index (χ2n) is 40.1. The van der Waals surface area contributed by atoms with E-state index in [1.54, 1.807) is 0 Å². The number of fused-ring (bicyclic) bond motifs is 3. The average molecular weight is 1960 g/mol. The number of carboxylic acids is 1. The quantitative estimate of drug-likeness (QED) is 0.0418. The zero-order valence-corrected chi connectivity index (χ0v) is 82.6. The van der Waals surface area contributed by atoms with Gasteiger partial charge in [-0.1, -0.05) is 18.2 Å². The summed E-state index contributed by atoms with van der Waals surface area (Å²) in [6, 6.07) is 18.4. The number of halogens is 1. The zero-order valence-electron chi connectivity index (χ0n) is 81.8. The SMILES string of the molecule is COC(=O)C1CCN(C2CCOCC2)C1.COC(=O)C1CCNC1.Cl.O=C(N[C@H](CN1CCCC1)[C@H](O)c1ccc2c(c1)OCCO2)C1CCN(C2CCOCC2)C1.O=C(N[C@H](CN1CCCC1)[C@H](O)c1ccc2c(c1)OCCO2)[C@@H]1CCN(C2CCOCC2)C1.O=C(N[C@H](CN1CCCC1)[C@H](O)c1ccc2c(c1)OCCO2)[C@H]1CCN(C2CCOCC2)C1.O=C(O)C1CCN(C2CCOCC2)C1. The number of esters is 2. The molecule has 14 saturated heterocycles. The van der Waals surface area contributed by atoms with Crippen LogP contribution in [0.1, 0.15) is 176 Å². The molecule has 0 bridgehead atoms. The molecule has 3 aromatic carbocycles. The van der Waals surface area contributed by atoms with E-state index in [-0.39, 0.29) is 95.7 Å². The van der Waals surface area contributed by atoms with E-state index in [1.807, 2.05) is 54.6 Å². The number of aliphatic hydroxyl groups is 3. The Labute approximate surface area is 821 Å². The number of methoxy groups -OCH3 is 2. The number of aliphatic hydroxyl groups excluding tert-OH is 3. The third kappa shape index (κ3) is 30.7. The lowest BCUT2D eigenvalue weighted by atomic mass is 9.99. The number of rotatable bonds is 26. The molecule has 0 aliphatic carbocycles. The summed E-state index contributed by atoms with van der Waals surface area (Å²) in [4.78, 5) is 91.9. The fourth-order valence-electron chi connectivity index (χ4n) is 22.8. The second-order valence-corrected chi connectivity index (χ2v) is 40.1. The first-order chi connectivity index (χ1) is 66.9. The number of nitrogens with one attached hydrogen (secondary N) is 4. The topological polar surface area (TPSA) is 377 Å². The van der Waals surface area contributed by atoms with Crippen molar-refractivity contribution in [3.8, 4) is 34.5 Å². The molecule has 20 rings (SSSR count). The fourth-order valence-corrected chi connectivity index (χ4v) is 22.8. The van der Waals surface area contributed by atoms with Gasteiger partial charge in [0.2, 0.25) is 17.7 Å². The van der Waals surface area contributed by atoms with Crippen LogP contribution in [0.5, 0.6) is 34.5 Å². The Hall–Kier alpha value is -7.11. The molecule has 0 spiro atoms. The summed E-state index contributed by atoms with van der Waals surface area (Å²) in [5.74, 6) is 3.48. The lowest BCUT2D eigenvalue weighted by Gasteiger charge is -2.32. The van der Waals surface area contributed by atoms with Gasteiger partial charge in [-0.3, -0.25) is 53.3 Å². The highest BCUT2D eigenvalue weighted by atomic mass is 35.5. The van der Waals surface area contributed by atoms with Crippen LogP contribution < -0.4 is 49.7 Å². The summed E-state index contributed by atoms with van der Waals surface area (Å²) in [5.41, 5.74) is 2.25. The van der Waals surface area contributed by atoms with E-state index in [0.29, 0.717) is 124 Å². The number of likely N-dealkylation sites (tertiary alicyclic amines) is 8. The van der Waals surface area contributed by atoms with Crippen molar-refractivity contribution in [2.24, 2.45) is 35.5 Å². The maximum Gasteiger partial charge on any atom is 0.310 e. The monoisotopic (exact) mass is 1960 g/mol. The first-order valence-corrected chi connectivity index (χ1v) is 51.9. The van der Waals surface area contributed by atoms with E-state index in [0.717, 1.165) is 303 Å². The standard InChI is InChI=1S/3C25H37N3O5.C11H19NO3.C10H17NO3.C6H11NO2.ClH/c3*29-24(18-3-4-22-23(15-18)33-14-13-32-22)21(17-27-8-1-2-9-27)26-25(30)19-5-10-28(16-19)20-6-11-31-12-7-20;1-14-11(13)9-2-5-12(8-9)10-3-6-15-7-4-10;12-10(13)8-1-4-11(7-8)9-2-5-14-6-3-9;1-9-6(8)5-2-3-7-4-5;/h3*3-4,15,19-21,24,29H,1-2,5-14,16-17H2,(H,26,30);9-10H,2-8H2,1H3;8-9H,1-7H2,(H,12,13);5,7H,2-4H2,1H3;1H/t19?,21-,24-;19-,21+,24+;19-,21-,24-;;;;/m101..../s1. The lowest BCUT2D eigenvalue weighted by molar-refractivity contribution is -0.145. The van der Waals surface area contributed by atoms with Gasteiger partial charge in [0.25, 0.3) is 0 Å². The van der Waals surface area contributed by atoms with Crippen LogP contribution in [-0.2, 0) is 61.9 Å². The number of carbonyl (C=O) groups is 6. The van der Waals surface area contributed by atoms with Crippen LogP contribution in [0.3, 0.4) is 0 Å². The Morgan fingerprint density at radius 3 is 0.848 bits per heavy atom. The first kappa shape index (κ1) is 107. The molecule has 36 heteroatoms. The number of hydrogen-bond acceptors (Lipinski definition) is 31. The smallest absolute Gasteiger partial charge is 0.310 e. The van der Waals surface area contributed by atoms with Crippen LogP contribution in [0.25, 0.3) is 0 Å². The molecule has 0 saturated carbocycles. The van der Waals surface area contributed by atoms with Gasteiger partial charge < -0.3 is 118 Å². The number of aliphatic carboxylic acids is 1. The molecule has 0 radical (unpaired) electrons. The molecule has 35 nitrogen and oxygen atoms in total. The maximum atomic E-state index is 13.3. The second kappa shape index (κ2) is 55.1. The third-order valence-corrected chi connectivity index (χ3v) is 31.0. The summed E-state index contributed by atoms with van der Waals surface area (Å²) in [6.45, 7) is 30.1. The Kier molecular flexibility index (Phi) is 42.6. The van der Waals surface area contributed by atoms with Crippen molar-refractivity contribution in [3.63, 3.8) is 0 Å². The van der Waals surface area contributed by atoms with Crippen molar-refractivity contribution in [1.82, 2.24) is 60.5 Å². The van der Waals surface area contributed by atoms with Crippen molar-refractivity contribution in [2.75, 3.05) is 257 Å². The van der Waals surface area contributed by atoms with E-state index in [4.69, 9.17) is 61.9 Å². The number of ether oxygens (including phenoxy) is 13. The van der Waals surface area contributed by atoms with E-state index >= 15 is 0 Å². The van der Waals surface area contributed by atoms with Crippen LogP contribution >= 0.6 is 12.4 Å². The molecule has 8 N–H and O–H groups in total. The minimum absolute atomic E-state index is 0. The fraction of sp³-hybridized carbons (Fsp3) is 0.765. The van der Waals surface area contributed by atoms with Gasteiger partial charge in [-0.05, 0) is 273 Å². The van der Waals surface area contributed by atoms with Crippen molar-refractivity contribution >= 4 is 48.0 Å². The Bertz CT molecular complexity index is 3900. The van der Waals surface area contributed by atoms with Gasteiger partial charge in [-0.15, -0.1) is 12.4 Å². The van der Waals surface area contributed by atoms with Gasteiger partial charge in [0.1, 0.15) is 58.0 Å². The highest BCUT2D eigenvalue weighted by Gasteiger charge is 2.43. The minimum atomic E-state index is -0.807. The number of carbonyl (C=O) groups excluding carboxylic acids is 5. The van der Waals surface area contributed by atoms with Gasteiger partial charge in [-0.2, -0.15) is 0 Å². The molecular weight excluding hydrogens is 1800 g/mol. The largest absolute Gasteiger partial charge is 0.486 e. The Morgan fingerprint density at radius 2 is 0.587 bits per heavy atom. The van der Waals surface area contributed by atoms with E-state index in [2.05, 4.69) is 65.2 Å². The van der Waals surface area contributed by atoms with Crippen molar-refractivity contribution in [2.45, 2.75) is 208 Å². The van der Waals surface area contributed by atoms with Gasteiger partial charge in [-0.25, -0.2) is 0 Å². The van der Waals surface area contributed by atoms with Crippen LogP contribution in [0, 0.1) is 35.5 Å². The maximum absolute atomic E-state index is 13.3. The molecule has 3 amide bonds. The third-order valence-electron chi connectivity index (χ3n) is 31.0. The number of carboxylic acid groups (broad SMARTS) is 1. The van der Waals surface area contributed by atoms with Crippen LogP contribution in [-0.4, -0.2) is 401 Å². The zero-order chi connectivity index (χ0) is 95.2. The average Bonchev–Trinajstić information content (AvgIpc) is 1.05. The van der Waals surface area contributed by atoms with Gasteiger partial charge >= 0.3 is 17.9 Å². The number of hydrogen-bond donors (Lipinski definition) is 8. The molecule has 0 aromatic heterocycles. The summed E-state index contributed by atoms with van der Waals surface area (Å²) in [5, 5.41) is 55.6. The highest BCUT2D eigenvalue weighted by molar-refractivity contribution is 5.85. The molecule has 14 fully saturated rings. The Balaban J connectivity index is 0.000000139. The van der Waals surface area contributed by atoms with Crippen molar-refractivity contribution < 1.29 is 111 Å². The van der Waals surface area contributed by atoms with Gasteiger partial charge in [0.15, 0.2) is 34.5 Å². The molecule has 12 atom stereocenters. The van der Waals surface area contributed by atoms with Crippen LogP contribution in [0.15, 0.2) is 54.6 Å². The summed E-state index contributed by atoms with van der Waals surface area (Å²) < 4.78 is 70.5.